The zero-order chi connectivity index (χ0) is 17.8. The number of hydrogen-bond acceptors (Lipinski definition) is 4. The van der Waals surface area contributed by atoms with Crippen LogP contribution in [0.2, 0.25) is 0 Å². The van der Waals surface area contributed by atoms with Crippen molar-refractivity contribution in [2.24, 2.45) is 0 Å². The molecule has 1 aliphatic heterocycles. The minimum Gasteiger partial charge on any atom is -0.497 e. The third kappa shape index (κ3) is 3.52. The molecule has 2 amide bonds. The first-order chi connectivity index (χ1) is 12.1. The zero-order valence-corrected chi connectivity index (χ0v) is 13.5. The van der Waals surface area contributed by atoms with Crippen molar-refractivity contribution in [3.05, 3.63) is 71.6 Å². The Kier molecular flexibility index (Phi) is 4.79. The molecule has 1 atom stereocenters. The van der Waals surface area contributed by atoms with Crippen LogP contribution in [0.15, 0.2) is 60.4 Å². The number of methoxy groups -OCH3 is 1. The lowest BCUT2D eigenvalue weighted by atomic mass is 10.1. The van der Waals surface area contributed by atoms with E-state index in [0.717, 1.165) is 11.0 Å². The summed E-state index contributed by atoms with van der Waals surface area (Å²) >= 11 is 0. The monoisotopic (exact) mass is 341 g/mol. The number of nitrogens with zero attached hydrogens (tertiary/aromatic N) is 1. The quantitative estimate of drug-likeness (QED) is 0.795. The molecule has 1 heterocycles. The molecule has 0 saturated carbocycles. The molecular weight excluding hydrogens is 325 g/mol. The summed E-state index contributed by atoms with van der Waals surface area (Å²) in [6, 6.07) is 14.8. The number of hydrogen-bond donors (Lipinski definition) is 0. The van der Waals surface area contributed by atoms with E-state index < -0.39 is 23.9 Å². The molecule has 0 aliphatic carbocycles. The van der Waals surface area contributed by atoms with Crippen LogP contribution in [0.5, 0.6) is 5.75 Å². The summed E-state index contributed by atoms with van der Waals surface area (Å²) in [5.74, 6) is -1.44. The second-order valence-electron chi connectivity index (χ2n) is 5.44. The Morgan fingerprint density at radius 1 is 1.20 bits per heavy atom. The maximum absolute atomic E-state index is 14.4. The molecule has 0 spiro atoms. The SMILES string of the molecule is COc1ccc(/C=C(\F)C(=O)N2C(=O)OC[C@H]2c2ccccc2)cc1. The predicted molar refractivity (Wildman–Crippen MR) is 89.5 cm³/mol. The van der Waals surface area contributed by atoms with E-state index in [4.69, 9.17) is 9.47 Å². The van der Waals surface area contributed by atoms with Crippen molar-refractivity contribution in [3.63, 3.8) is 0 Å². The molecule has 0 unspecified atom stereocenters. The van der Waals surface area contributed by atoms with Crippen LogP contribution in [-0.4, -0.2) is 30.6 Å². The van der Waals surface area contributed by atoms with Crippen molar-refractivity contribution < 1.29 is 23.5 Å². The largest absolute Gasteiger partial charge is 0.497 e. The van der Waals surface area contributed by atoms with Crippen LogP contribution < -0.4 is 4.74 Å². The first kappa shape index (κ1) is 16.7. The summed E-state index contributed by atoms with van der Waals surface area (Å²) < 4.78 is 24.4. The molecule has 1 saturated heterocycles. The summed E-state index contributed by atoms with van der Waals surface area (Å²) in [6.07, 6.45) is 0.229. The van der Waals surface area contributed by atoms with Crippen LogP contribution in [-0.2, 0) is 9.53 Å². The average molecular weight is 341 g/mol. The first-order valence-corrected chi connectivity index (χ1v) is 7.66. The number of cyclic esters (lactones) is 1. The van der Waals surface area contributed by atoms with Crippen LogP contribution >= 0.6 is 0 Å². The van der Waals surface area contributed by atoms with Gasteiger partial charge in [-0.3, -0.25) is 4.79 Å². The Hall–Kier alpha value is -3.15. The molecule has 0 aromatic heterocycles. The summed E-state index contributed by atoms with van der Waals surface area (Å²) in [5, 5.41) is 0. The Bertz CT molecular complexity index is 802. The number of halogens is 1. The first-order valence-electron chi connectivity index (χ1n) is 7.66. The highest BCUT2D eigenvalue weighted by molar-refractivity contribution is 6.04. The highest BCUT2D eigenvalue weighted by atomic mass is 19.1. The van der Waals surface area contributed by atoms with E-state index in [1.165, 1.54) is 7.11 Å². The van der Waals surface area contributed by atoms with Gasteiger partial charge in [0.1, 0.15) is 18.4 Å². The molecule has 5 nitrogen and oxygen atoms in total. The Balaban J connectivity index is 1.84. The van der Waals surface area contributed by atoms with Crippen LogP contribution in [0.1, 0.15) is 17.2 Å². The van der Waals surface area contributed by atoms with Crippen molar-refractivity contribution >= 4 is 18.1 Å². The molecule has 0 radical (unpaired) electrons. The molecule has 0 bridgehead atoms. The summed E-state index contributed by atoms with van der Waals surface area (Å²) in [4.78, 5) is 25.1. The minimum absolute atomic E-state index is 0.00437. The number of ether oxygens (including phenoxy) is 2. The van der Waals surface area contributed by atoms with E-state index in [0.29, 0.717) is 16.9 Å². The van der Waals surface area contributed by atoms with Crippen molar-refractivity contribution in [1.82, 2.24) is 4.90 Å². The van der Waals surface area contributed by atoms with Gasteiger partial charge in [0, 0.05) is 0 Å². The molecule has 128 valence electrons. The Labute approximate surface area is 144 Å². The number of benzene rings is 2. The van der Waals surface area contributed by atoms with Gasteiger partial charge in [0.2, 0.25) is 0 Å². The Morgan fingerprint density at radius 2 is 1.88 bits per heavy atom. The van der Waals surface area contributed by atoms with E-state index >= 15 is 0 Å². The summed E-state index contributed by atoms with van der Waals surface area (Å²) in [7, 11) is 1.53. The van der Waals surface area contributed by atoms with Crippen molar-refractivity contribution in [1.29, 1.82) is 0 Å². The van der Waals surface area contributed by atoms with Gasteiger partial charge in [-0.2, -0.15) is 0 Å². The third-order valence-electron chi connectivity index (χ3n) is 3.89. The van der Waals surface area contributed by atoms with Crippen LogP contribution in [0.3, 0.4) is 0 Å². The van der Waals surface area contributed by atoms with Gasteiger partial charge in [0.05, 0.1) is 7.11 Å². The summed E-state index contributed by atoms with van der Waals surface area (Å²) in [5.41, 5.74) is 1.19. The lowest BCUT2D eigenvalue weighted by Gasteiger charge is -2.19. The number of amides is 2. The molecule has 0 N–H and O–H groups in total. The van der Waals surface area contributed by atoms with E-state index in [1.807, 2.05) is 6.07 Å². The molecule has 25 heavy (non-hydrogen) atoms. The predicted octanol–water partition coefficient (Wildman–Crippen LogP) is 3.73. The fourth-order valence-electron chi connectivity index (χ4n) is 2.59. The van der Waals surface area contributed by atoms with Crippen molar-refractivity contribution in [2.75, 3.05) is 13.7 Å². The van der Waals surface area contributed by atoms with Crippen LogP contribution in [0, 0.1) is 0 Å². The fourth-order valence-corrected chi connectivity index (χ4v) is 2.59. The fraction of sp³-hybridized carbons (Fsp3) is 0.158. The van der Waals surface area contributed by atoms with Gasteiger partial charge in [-0.1, -0.05) is 42.5 Å². The number of carbonyl (C=O) groups excluding carboxylic acids is 2. The second kappa shape index (κ2) is 7.17. The van der Waals surface area contributed by atoms with Gasteiger partial charge in [-0.25, -0.2) is 14.1 Å². The molecule has 2 aromatic carbocycles. The topological polar surface area (TPSA) is 55.8 Å². The molecule has 3 rings (SSSR count). The van der Waals surface area contributed by atoms with Gasteiger partial charge in [0.15, 0.2) is 5.83 Å². The average Bonchev–Trinajstić information content (AvgIpc) is 3.04. The van der Waals surface area contributed by atoms with Crippen LogP contribution in [0.25, 0.3) is 6.08 Å². The lowest BCUT2D eigenvalue weighted by Crippen LogP contribution is -2.34. The van der Waals surface area contributed by atoms with Crippen molar-refractivity contribution in [3.8, 4) is 5.75 Å². The van der Waals surface area contributed by atoms with Crippen LogP contribution in [0.4, 0.5) is 9.18 Å². The van der Waals surface area contributed by atoms with Gasteiger partial charge in [-0.15, -0.1) is 0 Å². The molecule has 1 fully saturated rings. The third-order valence-corrected chi connectivity index (χ3v) is 3.89. The molecule has 1 aliphatic rings. The maximum atomic E-state index is 14.4. The minimum atomic E-state index is -1.04. The number of carbonyl (C=O) groups is 2. The molecule has 6 heteroatoms. The van der Waals surface area contributed by atoms with E-state index in [2.05, 4.69) is 0 Å². The maximum Gasteiger partial charge on any atom is 0.417 e. The van der Waals surface area contributed by atoms with Gasteiger partial charge in [0.25, 0.3) is 5.91 Å². The van der Waals surface area contributed by atoms with Crippen molar-refractivity contribution in [2.45, 2.75) is 6.04 Å². The molecule has 2 aromatic rings. The lowest BCUT2D eigenvalue weighted by molar-refractivity contribution is -0.126. The Morgan fingerprint density at radius 3 is 2.52 bits per heavy atom. The van der Waals surface area contributed by atoms with E-state index in [1.54, 1.807) is 48.5 Å². The van der Waals surface area contributed by atoms with Gasteiger partial charge >= 0.3 is 6.09 Å². The van der Waals surface area contributed by atoms with Gasteiger partial charge in [-0.05, 0) is 29.3 Å². The van der Waals surface area contributed by atoms with Gasteiger partial charge < -0.3 is 9.47 Å². The number of rotatable bonds is 4. The molecular formula is C19H16FNO4. The highest BCUT2D eigenvalue weighted by Crippen LogP contribution is 2.29. The zero-order valence-electron chi connectivity index (χ0n) is 13.5. The summed E-state index contributed by atoms with van der Waals surface area (Å²) in [6.45, 7) is 0.00437. The number of imide groups is 1. The van der Waals surface area contributed by atoms with E-state index in [-0.39, 0.29) is 6.61 Å². The second-order valence-corrected chi connectivity index (χ2v) is 5.44. The smallest absolute Gasteiger partial charge is 0.417 e. The van der Waals surface area contributed by atoms with E-state index in [9.17, 15) is 14.0 Å². The highest BCUT2D eigenvalue weighted by Gasteiger charge is 2.40. The normalized spacial score (nSPS) is 17.4. The standard InChI is InChI=1S/C19H16FNO4/c1-24-15-9-7-13(8-10-15)11-16(20)18(22)21-17(12-25-19(21)23)14-5-3-2-4-6-14/h2-11,17H,12H2,1H3/b16-11-/t17-/m0/s1.